The number of H-pyrrole nitrogens is 1. The molecule has 1 aromatic carbocycles. The van der Waals surface area contributed by atoms with E-state index in [2.05, 4.69) is 31.6 Å². The van der Waals surface area contributed by atoms with Crippen LogP contribution >= 0.6 is 23.2 Å². The zero-order valence-corrected chi connectivity index (χ0v) is 13.7. The first kappa shape index (κ1) is 16.0. The molecule has 8 heteroatoms. The highest BCUT2D eigenvalue weighted by molar-refractivity contribution is 6.32. The lowest BCUT2D eigenvalue weighted by atomic mass is 10.3. The number of anilines is 2. The summed E-state index contributed by atoms with van der Waals surface area (Å²) in [7, 11) is 0. The molecular weight excluding hydrogens is 347 g/mol. The van der Waals surface area contributed by atoms with Crippen molar-refractivity contribution in [2.75, 3.05) is 5.32 Å². The summed E-state index contributed by atoms with van der Waals surface area (Å²) in [4.78, 5) is 8.19. The Morgan fingerprint density at radius 2 is 2.12 bits per heavy atom. The largest absolute Gasteiger partial charge is 0.338 e. The number of aromatic amines is 1. The van der Waals surface area contributed by atoms with E-state index in [1.165, 1.54) is 6.21 Å². The smallest absolute Gasteiger partial charge is 0.172 e. The van der Waals surface area contributed by atoms with Crippen LogP contribution in [0.3, 0.4) is 0 Å². The highest BCUT2D eigenvalue weighted by atomic mass is 35.5. The molecule has 2 heterocycles. The first-order valence-electron chi connectivity index (χ1n) is 6.83. The Morgan fingerprint density at radius 1 is 1.25 bits per heavy atom. The van der Waals surface area contributed by atoms with E-state index in [4.69, 9.17) is 23.2 Å². The van der Waals surface area contributed by atoms with Crippen molar-refractivity contribution in [2.45, 2.75) is 0 Å². The second-order valence-corrected chi connectivity index (χ2v) is 5.48. The summed E-state index contributed by atoms with van der Waals surface area (Å²) in [5, 5.41) is 20.1. The van der Waals surface area contributed by atoms with E-state index in [1.54, 1.807) is 36.5 Å². The number of nitrogens with one attached hydrogen (secondary N) is 2. The average molecular weight is 357 g/mol. The van der Waals surface area contributed by atoms with Crippen LogP contribution in [0.5, 0.6) is 0 Å². The molecule has 0 aliphatic rings. The molecule has 24 heavy (non-hydrogen) atoms. The maximum Gasteiger partial charge on any atom is 0.172 e. The Morgan fingerprint density at radius 3 is 2.88 bits per heavy atom. The van der Waals surface area contributed by atoms with Gasteiger partial charge < -0.3 is 5.32 Å². The molecule has 6 nitrogen and oxygen atoms in total. The first-order valence-corrected chi connectivity index (χ1v) is 7.58. The van der Waals surface area contributed by atoms with Crippen molar-refractivity contribution in [3.63, 3.8) is 0 Å². The van der Waals surface area contributed by atoms with Crippen LogP contribution in [-0.2, 0) is 0 Å². The number of benzene rings is 1. The fraction of sp³-hybridized carbons (Fsp3) is 0. The summed E-state index contributed by atoms with van der Waals surface area (Å²) in [5.74, 6) is 0.686. The molecule has 0 aliphatic carbocycles. The van der Waals surface area contributed by atoms with Crippen LogP contribution in [-0.4, -0.2) is 21.4 Å². The number of halogens is 2. The zero-order chi connectivity index (χ0) is 16.9. The Balaban J connectivity index is 1.87. The van der Waals surface area contributed by atoms with Gasteiger partial charge in [-0.1, -0.05) is 29.3 Å². The minimum Gasteiger partial charge on any atom is -0.338 e. The average Bonchev–Trinajstić information content (AvgIpc) is 2.96. The van der Waals surface area contributed by atoms with Crippen LogP contribution in [0.2, 0.25) is 10.2 Å². The molecule has 0 atom stereocenters. The number of hydrogen-bond donors (Lipinski definition) is 2. The Hall–Kier alpha value is -2.88. The van der Waals surface area contributed by atoms with E-state index in [0.717, 1.165) is 5.69 Å². The molecule has 0 saturated carbocycles. The third kappa shape index (κ3) is 3.54. The van der Waals surface area contributed by atoms with Crippen molar-refractivity contribution >= 4 is 46.7 Å². The quantitative estimate of drug-likeness (QED) is 0.532. The van der Waals surface area contributed by atoms with Crippen molar-refractivity contribution in [1.82, 2.24) is 15.2 Å². The van der Waals surface area contributed by atoms with Gasteiger partial charge in [-0.05, 0) is 30.3 Å². The van der Waals surface area contributed by atoms with Crippen molar-refractivity contribution in [2.24, 2.45) is 4.99 Å². The maximum absolute atomic E-state index is 9.38. The SMILES string of the molecule is N#Cc1c(Nc2cccc(Cl)c2)n[nH]c1/N=C/c1cccnc1Cl. The summed E-state index contributed by atoms with van der Waals surface area (Å²) in [6.07, 6.45) is 3.11. The van der Waals surface area contributed by atoms with Gasteiger partial charge >= 0.3 is 0 Å². The lowest BCUT2D eigenvalue weighted by molar-refractivity contribution is 1.09. The fourth-order valence-electron chi connectivity index (χ4n) is 1.95. The Kier molecular flexibility index (Phi) is 4.75. The van der Waals surface area contributed by atoms with E-state index >= 15 is 0 Å². The molecule has 2 aromatic heterocycles. The number of hydrogen-bond acceptors (Lipinski definition) is 5. The third-order valence-electron chi connectivity index (χ3n) is 3.07. The second-order valence-electron chi connectivity index (χ2n) is 4.68. The predicted octanol–water partition coefficient (Wildman–Crippen LogP) is 4.48. The highest BCUT2D eigenvalue weighted by Crippen LogP contribution is 2.26. The van der Waals surface area contributed by atoms with E-state index in [1.807, 2.05) is 6.07 Å². The number of aromatic nitrogens is 3. The monoisotopic (exact) mass is 356 g/mol. The highest BCUT2D eigenvalue weighted by Gasteiger charge is 2.12. The van der Waals surface area contributed by atoms with Gasteiger partial charge in [-0.3, -0.25) is 5.10 Å². The minimum absolute atomic E-state index is 0.284. The molecular formula is C16H10Cl2N6. The van der Waals surface area contributed by atoms with Gasteiger partial charge in [0.1, 0.15) is 16.8 Å². The van der Waals surface area contributed by atoms with Gasteiger partial charge in [0.2, 0.25) is 0 Å². The Labute approximate surface area is 147 Å². The van der Waals surface area contributed by atoms with Crippen LogP contribution in [0.4, 0.5) is 17.3 Å². The third-order valence-corrected chi connectivity index (χ3v) is 3.62. The van der Waals surface area contributed by atoms with Gasteiger partial charge in [-0.2, -0.15) is 10.4 Å². The van der Waals surface area contributed by atoms with Crippen LogP contribution in [0, 0.1) is 11.3 Å². The molecule has 0 fully saturated rings. The van der Waals surface area contributed by atoms with Crippen LogP contribution < -0.4 is 5.32 Å². The van der Waals surface area contributed by atoms with Gasteiger partial charge in [-0.25, -0.2) is 9.98 Å². The van der Waals surface area contributed by atoms with Gasteiger partial charge in [0.05, 0.1) is 0 Å². The number of aliphatic imine (C=N–C) groups is 1. The predicted molar refractivity (Wildman–Crippen MR) is 94.5 cm³/mol. The van der Waals surface area contributed by atoms with E-state index in [0.29, 0.717) is 27.4 Å². The van der Waals surface area contributed by atoms with Gasteiger partial charge in [0.25, 0.3) is 0 Å². The molecule has 0 aliphatic heterocycles. The van der Waals surface area contributed by atoms with Crippen LogP contribution in [0.1, 0.15) is 11.1 Å². The molecule has 0 unspecified atom stereocenters. The lowest BCUT2D eigenvalue weighted by Crippen LogP contribution is -1.92. The van der Waals surface area contributed by atoms with Crippen LogP contribution in [0.25, 0.3) is 0 Å². The molecule has 3 aromatic rings. The maximum atomic E-state index is 9.38. The standard InChI is InChI=1S/C16H10Cl2N6/c17-11-4-1-5-12(7-11)22-16-13(8-19)15(23-24-16)21-9-10-3-2-6-20-14(10)18/h1-7,9H,(H2,22,23,24)/b21-9+. The normalized spacial score (nSPS) is 10.7. The summed E-state index contributed by atoms with van der Waals surface area (Å²) >= 11 is 11.9. The number of pyridine rings is 1. The summed E-state index contributed by atoms with van der Waals surface area (Å²) in [6, 6.07) is 12.7. The first-order chi connectivity index (χ1) is 11.7. The van der Waals surface area contributed by atoms with Gasteiger partial charge in [0, 0.05) is 28.7 Å². The minimum atomic E-state index is 0.284. The molecule has 0 bridgehead atoms. The van der Waals surface area contributed by atoms with Crippen molar-refractivity contribution in [3.8, 4) is 6.07 Å². The summed E-state index contributed by atoms with van der Waals surface area (Å²) in [6.45, 7) is 0. The topological polar surface area (TPSA) is 89.8 Å². The number of nitrogens with zero attached hydrogens (tertiary/aromatic N) is 4. The lowest BCUT2D eigenvalue weighted by Gasteiger charge is -2.03. The van der Waals surface area contributed by atoms with Gasteiger partial charge in [0.15, 0.2) is 11.6 Å². The molecule has 0 amide bonds. The zero-order valence-electron chi connectivity index (χ0n) is 12.2. The van der Waals surface area contributed by atoms with Crippen molar-refractivity contribution in [3.05, 3.63) is 63.9 Å². The van der Waals surface area contributed by atoms with E-state index in [-0.39, 0.29) is 5.56 Å². The van der Waals surface area contributed by atoms with Crippen molar-refractivity contribution < 1.29 is 0 Å². The molecule has 0 radical (unpaired) electrons. The number of rotatable bonds is 4. The molecule has 2 N–H and O–H groups in total. The summed E-state index contributed by atoms with van der Waals surface area (Å²) < 4.78 is 0. The van der Waals surface area contributed by atoms with Gasteiger partial charge in [-0.15, -0.1) is 0 Å². The van der Waals surface area contributed by atoms with Crippen molar-refractivity contribution in [1.29, 1.82) is 5.26 Å². The van der Waals surface area contributed by atoms with E-state index < -0.39 is 0 Å². The second kappa shape index (κ2) is 7.13. The Bertz CT molecular complexity index is 942. The summed E-state index contributed by atoms with van der Waals surface area (Å²) in [5.41, 5.74) is 1.64. The molecule has 0 saturated heterocycles. The van der Waals surface area contributed by atoms with Crippen LogP contribution in [0.15, 0.2) is 47.6 Å². The molecule has 3 rings (SSSR count). The van der Waals surface area contributed by atoms with E-state index in [9.17, 15) is 5.26 Å². The number of nitriles is 1. The molecule has 0 spiro atoms. The molecule has 118 valence electrons. The fourth-order valence-corrected chi connectivity index (χ4v) is 2.31.